The Kier molecular flexibility index (Phi) is 3.64. The quantitative estimate of drug-likeness (QED) is 0.726. The largest absolute Gasteiger partial charge is 0.480 e. The van der Waals surface area contributed by atoms with Gasteiger partial charge in [0, 0.05) is 24.3 Å². The van der Waals surface area contributed by atoms with Crippen LogP contribution in [0, 0.1) is 0 Å². The summed E-state index contributed by atoms with van der Waals surface area (Å²) >= 11 is 0. The third-order valence-electron chi connectivity index (χ3n) is 1.79. The summed E-state index contributed by atoms with van der Waals surface area (Å²) in [6.45, 7) is 4.61. The van der Waals surface area contributed by atoms with Gasteiger partial charge in [-0.1, -0.05) is 0 Å². The summed E-state index contributed by atoms with van der Waals surface area (Å²) in [5.74, 6) is -0.846. The topological polar surface area (TPSA) is 67.2 Å². The number of carboxylic acid groups (broad SMARTS) is 1. The van der Waals surface area contributed by atoms with Crippen molar-refractivity contribution >= 4 is 5.97 Å². The van der Waals surface area contributed by atoms with Crippen molar-refractivity contribution in [1.82, 2.24) is 15.1 Å². The molecule has 2 N–H and O–H groups in total. The Morgan fingerprint density at radius 1 is 1.71 bits per heavy atom. The van der Waals surface area contributed by atoms with Crippen molar-refractivity contribution in [3.8, 4) is 0 Å². The van der Waals surface area contributed by atoms with E-state index in [0.717, 1.165) is 5.56 Å². The van der Waals surface area contributed by atoms with E-state index >= 15 is 0 Å². The molecule has 0 saturated carbocycles. The minimum Gasteiger partial charge on any atom is -0.480 e. The van der Waals surface area contributed by atoms with Gasteiger partial charge in [-0.2, -0.15) is 5.10 Å². The molecule has 0 aliphatic rings. The molecule has 0 aliphatic carbocycles. The second kappa shape index (κ2) is 4.76. The van der Waals surface area contributed by atoms with Gasteiger partial charge in [-0.15, -0.1) is 0 Å². The molecule has 0 spiro atoms. The molecule has 0 radical (unpaired) electrons. The zero-order chi connectivity index (χ0) is 10.6. The molecule has 0 aliphatic heterocycles. The van der Waals surface area contributed by atoms with E-state index in [1.165, 1.54) is 0 Å². The lowest BCUT2D eigenvalue weighted by atomic mass is 10.3. The number of carbonyl (C=O) groups is 1. The van der Waals surface area contributed by atoms with Crippen molar-refractivity contribution in [2.45, 2.75) is 26.4 Å². The maximum Gasteiger partial charge on any atom is 0.317 e. The minimum atomic E-state index is -0.846. The second-order valence-corrected chi connectivity index (χ2v) is 3.42. The third-order valence-corrected chi connectivity index (χ3v) is 1.79. The van der Waals surface area contributed by atoms with Crippen LogP contribution < -0.4 is 5.32 Å². The zero-order valence-corrected chi connectivity index (χ0v) is 8.40. The highest BCUT2D eigenvalue weighted by Gasteiger charge is 2.01. The lowest BCUT2D eigenvalue weighted by molar-refractivity contribution is -0.135. The molecule has 0 unspecified atom stereocenters. The van der Waals surface area contributed by atoms with Crippen LogP contribution in [0.15, 0.2) is 12.4 Å². The highest BCUT2D eigenvalue weighted by molar-refractivity contribution is 5.68. The minimum absolute atomic E-state index is 0.0210. The summed E-state index contributed by atoms with van der Waals surface area (Å²) in [5, 5.41) is 15.3. The van der Waals surface area contributed by atoms with Gasteiger partial charge in [0.1, 0.15) is 0 Å². The Morgan fingerprint density at radius 2 is 2.43 bits per heavy atom. The first-order valence-electron chi connectivity index (χ1n) is 4.55. The number of rotatable bonds is 5. The molecule has 1 aromatic rings. The number of aromatic nitrogens is 2. The average Bonchev–Trinajstić information content (AvgIpc) is 2.52. The van der Waals surface area contributed by atoms with Crippen LogP contribution in [0.2, 0.25) is 0 Å². The van der Waals surface area contributed by atoms with E-state index in [4.69, 9.17) is 5.11 Å². The first-order valence-corrected chi connectivity index (χ1v) is 4.55. The summed E-state index contributed by atoms with van der Waals surface area (Å²) in [7, 11) is 0. The van der Waals surface area contributed by atoms with E-state index in [9.17, 15) is 4.79 Å². The van der Waals surface area contributed by atoms with Crippen molar-refractivity contribution in [2.75, 3.05) is 6.54 Å². The third kappa shape index (κ3) is 3.18. The molecule has 78 valence electrons. The highest BCUT2D eigenvalue weighted by Crippen LogP contribution is 2.04. The summed E-state index contributed by atoms with van der Waals surface area (Å²) < 4.78 is 1.85. The summed E-state index contributed by atoms with van der Waals surface area (Å²) in [6.07, 6.45) is 3.66. The Morgan fingerprint density at radius 3 is 2.93 bits per heavy atom. The van der Waals surface area contributed by atoms with Gasteiger partial charge in [-0.3, -0.25) is 9.48 Å². The molecule has 0 amide bonds. The normalized spacial score (nSPS) is 10.8. The second-order valence-electron chi connectivity index (χ2n) is 3.42. The predicted molar refractivity (Wildman–Crippen MR) is 52.0 cm³/mol. The number of hydrogen-bond acceptors (Lipinski definition) is 3. The van der Waals surface area contributed by atoms with Gasteiger partial charge in [0.2, 0.25) is 0 Å². The fraction of sp³-hybridized carbons (Fsp3) is 0.556. The first-order chi connectivity index (χ1) is 6.59. The molecule has 14 heavy (non-hydrogen) atoms. The molecule has 0 atom stereocenters. The number of nitrogens with zero attached hydrogens (tertiary/aromatic N) is 2. The molecule has 0 bridgehead atoms. The molecule has 0 saturated heterocycles. The Hall–Kier alpha value is -1.36. The standard InChI is InChI=1S/C9H15N3O2/c1-7(2)12-6-8(4-11-12)3-10-5-9(13)14/h4,6-7,10H,3,5H2,1-2H3,(H,13,14). The van der Waals surface area contributed by atoms with Gasteiger partial charge in [0.05, 0.1) is 12.7 Å². The number of nitrogens with one attached hydrogen (secondary N) is 1. The lowest BCUT2D eigenvalue weighted by Gasteiger charge is -2.03. The van der Waals surface area contributed by atoms with E-state index in [0.29, 0.717) is 12.6 Å². The van der Waals surface area contributed by atoms with E-state index < -0.39 is 5.97 Å². The highest BCUT2D eigenvalue weighted by atomic mass is 16.4. The Balaban J connectivity index is 2.40. The van der Waals surface area contributed by atoms with Crippen molar-refractivity contribution in [1.29, 1.82) is 0 Å². The van der Waals surface area contributed by atoms with Gasteiger partial charge >= 0.3 is 5.97 Å². The van der Waals surface area contributed by atoms with Crippen LogP contribution in [-0.2, 0) is 11.3 Å². The van der Waals surface area contributed by atoms with Crippen molar-refractivity contribution in [3.05, 3.63) is 18.0 Å². The average molecular weight is 197 g/mol. The Bertz CT molecular complexity index is 307. The van der Waals surface area contributed by atoms with E-state index in [1.807, 2.05) is 24.7 Å². The van der Waals surface area contributed by atoms with Crippen LogP contribution in [-0.4, -0.2) is 27.4 Å². The zero-order valence-electron chi connectivity index (χ0n) is 8.40. The van der Waals surface area contributed by atoms with Gasteiger partial charge < -0.3 is 10.4 Å². The fourth-order valence-electron chi connectivity index (χ4n) is 1.06. The monoisotopic (exact) mass is 197 g/mol. The van der Waals surface area contributed by atoms with Crippen LogP contribution >= 0.6 is 0 Å². The number of carboxylic acids is 1. The van der Waals surface area contributed by atoms with Crippen LogP contribution in [0.5, 0.6) is 0 Å². The van der Waals surface area contributed by atoms with Crippen LogP contribution in [0.4, 0.5) is 0 Å². The molecular formula is C9H15N3O2. The molecule has 1 rings (SSSR count). The van der Waals surface area contributed by atoms with E-state index in [2.05, 4.69) is 10.4 Å². The molecule has 0 aromatic carbocycles. The van der Waals surface area contributed by atoms with Gasteiger partial charge in [0.15, 0.2) is 0 Å². The maximum absolute atomic E-state index is 10.2. The van der Waals surface area contributed by atoms with Crippen molar-refractivity contribution < 1.29 is 9.90 Å². The van der Waals surface area contributed by atoms with Gasteiger partial charge in [-0.25, -0.2) is 0 Å². The lowest BCUT2D eigenvalue weighted by Crippen LogP contribution is -2.21. The van der Waals surface area contributed by atoms with E-state index in [1.54, 1.807) is 6.20 Å². The smallest absolute Gasteiger partial charge is 0.317 e. The SMILES string of the molecule is CC(C)n1cc(CNCC(=O)O)cn1. The summed E-state index contributed by atoms with van der Waals surface area (Å²) in [4.78, 5) is 10.2. The predicted octanol–water partition coefficient (Wildman–Crippen LogP) is 0.638. The molecule has 1 heterocycles. The summed E-state index contributed by atoms with van der Waals surface area (Å²) in [6, 6.07) is 0.336. The molecular weight excluding hydrogens is 182 g/mol. The van der Waals surface area contributed by atoms with Gasteiger partial charge in [-0.05, 0) is 13.8 Å². The van der Waals surface area contributed by atoms with Gasteiger partial charge in [0.25, 0.3) is 0 Å². The Labute approximate surface area is 82.7 Å². The van der Waals surface area contributed by atoms with Crippen LogP contribution in [0.3, 0.4) is 0 Å². The first kappa shape index (κ1) is 10.7. The maximum atomic E-state index is 10.2. The van der Waals surface area contributed by atoms with Crippen LogP contribution in [0.25, 0.3) is 0 Å². The van der Waals surface area contributed by atoms with E-state index in [-0.39, 0.29) is 6.54 Å². The number of aliphatic carboxylic acids is 1. The number of hydrogen-bond donors (Lipinski definition) is 2. The van der Waals surface area contributed by atoms with Crippen molar-refractivity contribution in [3.63, 3.8) is 0 Å². The molecule has 1 aromatic heterocycles. The summed E-state index contributed by atoms with van der Waals surface area (Å²) in [5.41, 5.74) is 1.000. The molecule has 5 nitrogen and oxygen atoms in total. The van der Waals surface area contributed by atoms with Crippen LogP contribution in [0.1, 0.15) is 25.5 Å². The van der Waals surface area contributed by atoms with Crippen molar-refractivity contribution in [2.24, 2.45) is 0 Å². The molecule has 0 fully saturated rings. The fourth-order valence-corrected chi connectivity index (χ4v) is 1.06. The molecule has 5 heteroatoms.